The van der Waals surface area contributed by atoms with Gasteiger partial charge in [-0.25, -0.2) is 9.78 Å². The van der Waals surface area contributed by atoms with Crippen LogP contribution in [0, 0.1) is 23.2 Å². The highest BCUT2D eigenvalue weighted by atomic mass is 32.1. The molecule has 1 aromatic carbocycles. The molecular formula is C28H31N3O3S2. The Bertz CT molecular complexity index is 1290. The second-order valence-electron chi connectivity index (χ2n) is 11.2. The standard InChI is InChI=1S/C28H31N3O3S2/c1-2-34-27(33)31-8-7-19-22(15-31)36-25(23(19)24-29-20-5-3-4-6-21(20)35-24)30-26(32)28-12-16-9-17(13-28)11-18(10-16)14-28/h3-6,16-18H,2,7-15H2,1H3,(H,30,32). The number of anilines is 1. The van der Waals surface area contributed by atoms with Crippen LogP contribution >= 0.6 is 22.7 Å². The lowest BCUT2D eigenvalue weighted by Gasteiger charge is -2.55. The molecule has 4 fully saturated rings. The predicted octanol–water partition coefficient (Wildman–Crippen LogP) is 6.69. The minimum absolute atomic E-state index is 0.207. The Labute approximate surface area is 219 Å². The van der Waals surface area contributed by atoms with E-state index in [2.05, 4.69) is 11.4 Å². The number of thiazole rings is 1. The number of amides is 2. The van der Waals surface area contributed by atoms with Gasteiger partial charge in [0.1, 0.15) is 10.0 Å². The lowest BCUT2D eigenvalue weighted by Crippen LogP contribution is -2.51. The zero-order chi connectivity index (χ0) is 24.4. The molecule has 1 aliphatic heterocycles. The van der Waals surface area contributed by atoms with Crippen LogP contribution in [0.4, 0.5) is 9.80 Å². The molecule has 3 heterocycles. The molecule has 0 unspecified atom stereocenters. The number of hydrogen-bond donors (Lipinski definition) is 1. The topological polar surface area (TPSA) is 71.5 Å². The van der Waals surface area contributed by atoms with Crippen LogP contribution in [-0.4, -0.2) is 35.0 Å². The number of para-hydroxylation sites is 1. The van der Waals surface area contributed by atoms with Crippen molar-refractivity contribution >= 4 is 49.9 Å². The number of carbonyl (C=O) groups excluding carboxylic acids is 2. The second-order valence-corrected chi connectivity index (χ2v) is 13.4. The molecule has 1 N–H and O–H groups in total. The van der Waals surface area contributed by atoms with Crippen LogP contribution in [0.3, 0.4) is 0 Å². The second kappa shape index (κ2) is 8.55. The number of carbonyl (C=O) groups is 2. The maximum Gasteiger partial charge on any atom is 0.410 e. The molecule has 0 saturated heterocycles. The van der Waals surface area contributed by atoms with Crippen molar-refractivity contribution < 1.29 is 14.3 Å². The fourth-order valence-corrected chi connectivity index (χ4v) is 10.1. The Kier molecular flexibility index (Phi) is 5.40. The lowest BCUT2D eigenvalue weighted by molar-refractivity contribution is -0.140. The van der Waals surface area contributed by atoms with Crippen LogP contribution in [0.2, 0.25) is 0 Å². The van der Waals surface area contributed by atoms with Crippen molar-refractivity contribution in [3.05, 3.63) is 34.7 Å². The molecule has 8 rings (SSSR count). The molecule has 0 atom stereocenters. The van der Waals surface area contributed by atoms with E-state index < -0.39 is 0 Å². The van der Waals surface area contributed by atoms with Crippen molar-refractivity contribution in [3.63, 3.8) is 0 Å². The Hall–Kier alpha value is -2.45. The maximum atomic E-state index is 14.0. The summed E-state index contributed by atoms with van der Waals surface area (Å²) < 4.78 is 6.42. The van der Waals surface area contributed by atoms with Gasteiger partial charge in [-0.3, -0.25) is 4.79 Å². The Morgan fingerprint density at radius 1 is 1.11 bits per heavy atom. The molecule has 0 spiro atoms. The zero-order valence-corrected chi connectivity index (χ0v) is 22.2. The summed E-state index contributed by atoms with van der Waals surface area (Å²) in [5, 5.41) is 5.31. The summed E-state index contributed by atoms with van der Waals surface area (Å²) >= 11 is 3.31. The number of fused-ring (bicyclic) bond motifs is 2. The first-order valence-corrected chi connectivity index (χ1v) is 14.9. The van der Waals surface area contributed by atoms with E-state index in [-0.39, 0.29) is 17.4 Å². The van der Waals surface area contributed by atoms with Crippen LogP contribution in [0.25, 0.3) is 20.8 Å². The predicted molar refractivity (Wildman–Crippen MR) is 143 cm³/mol. The number of rotatable bonds is 4. The summed E-state index contributed by atoms with van der Waals surface area (Å²) in [5.74, 6) is 2.38. The molecule has 3 aromatic rings. The number of nitrogens with one attached hydrogen (secondary N) is 1. The van der Waals surface area contributed by atoms with Gasteiger partial charge in [-0.1, -0.05) is 12.1 Å². The number of thiophene rings is 1. The first-order chi connectivity index (χ1) is 17.5. The van der Waals surface area contributed by atoms with E-state index in [4.69, 9.17) is 9.72 Å². The molecule has 5 aliphatic rings. The van der Waals surface area contributed by atoms with Gasteiger partial charge in [-0.15, -0.1) is 22.7 Å². The van der Waals surface area contributed by atoms with Crippen molar-refractivity contribution in [2.45, 2.75) is 58.4 Å². The minimum Gasteiger partial charge on any atom is -0.450 e. The summed E-state index contributed by atoms with van der Waals surface area (Å²) in [6.07, 6.45) is 7.57. The lowest BCUT2D eigenvalue weighted by atomic mass is 9.49. The van der Waals surface area contributed by atoms with E-state index in [9.17, 15) is 9.59 Å². The van der Waals surface area contributed by atoms with Crippen molar-refractivity contribution in [3.8, 4) is 10.6 Å². The fraction of sp³-hybridized carbons (Fsp3) is 0.536. The largest absolute Gasteiger partial charge is 0.450 e. The Balaban J connectivity index is 1.26. The van der Waals surface area contributed by atoms with Gasteiger partial charge in [0.2, 0.25) is 5.91 Å². The molecule has 4 bridgehead atoms. The molecule has 2 aromatic heterocycles. The van der Waals surface area contributed by atoms with Crippen LogP contribution in [0.5, 0.6) is 0 Å². The molecule has 8 heteroatoms. The molecule has 6 nitrogen and oxygen atoms in total. The van der Waals surface area contributed by atoms with Crippen molar-refractivity contribution in [2.24, 2.45) is 23.2 Å². The SMILES string of the molecule is CCOC(=O)N1CCc2c(sc(NC(=O)C34CC5CC(CC(C5)C3)C4)c2-c2nc3ccccc3s2)C1. The van der Waals surface area contributed by atoms with E-state index in [1.54, 1.807) is 27.6 Å². The quantitative estimate of drug-likeness (QED) is 0.415. The van der Waals surface area contributed by atoms with Crippen LogP contribution in [-0.2, 0) is 22.5 Å². The Morgan fingerprint density at radius 3 is 2.53 bits per heavy atom. The third-order valence-electron chi connectivity index (χ3n) is 8.84. The summed E-state index contributed by atoms with van der Waals surface area (Å²) in [6.45, 7) is 3.34. The zero-order valence-electron chi connectivity index (χ0n) is 20.5. The average Bonchev–Trinajstić information content (AvgIpc) is 3.43. The summed E-state index contributed by atoms with van der Waals surface area (Å²) in [4.78, 5) is 34.3. The number of ether oxygens (including phenoxy) is 1. The van der Waals surface area contributed by atoms with Crippen LogP contribution in [0.15, 0.2) is 24.3 Å². The van der Waals surface area contributed by atoms with Crippen LogP contribution in [0.1, 0.15) is 55.9 Å². The summed E-state index contributed by atoms with van der Waals surface area (Å²) in [6, 6.07) is 8.21. The molecule has 0 radical (unpaired) electrons. The highest BCUT2D eigenvalue weighted by Gasteiger charge is 2.54. The maximum absolute atomic E-state index is 14.0. The van der Waals surface area contributed by atoms with Crippen molar-refractivity contribution in [1.29, 1.82) is 0 Å². The third kappa shape index (κ3) is 3.67. The van der Waals surface area contributed by atoms with Gasteiger partial charge < -0.3 is 15.0 Å². The normalized spacial score (nSPS) is 28.4. The van der Waals surface area contributed by atoms with E-state index in [1.165, 1.54) is 24.8 Å². The van der Waals surface area contributed by atoms with Gasteiger partial charge in [0.25, 0.3) is 0 Å². The summed E-state index contributed by atoms with van der Waals surface area (Å²) in [7, 11) is 0. The van der Waals surface area contributed by atoms with Crippen molar-refractivity contribution in [2.75, 3.05) is 18.5 Å². The van der Waals surface area contributed by atoms with Gasteiger partial charge in [0.05, 0.1) is 28.8 Å². The highest BCUT2D eigenvalue weighted by Crippen LogP contribution is 2.60. The third-order valence-corrected chi connectivity index (χ3v) is 11.0. The highest BCUT2D eigenvalue weighted by molar-refractivity contribution is 7.23. The van der Waals surface area contributed by atoms with Gasteiger partial charge in [-0.2, -0.15) is 0 Å². The van der Waals surface area contributed by atoms with Gasteiger partial charge >= 0.3 is 6.09 Å². The first-order valence-electron chi connectivity index (χ1n) is 13.2. The molecule has 4 aliphatic carbocycles. The fourth-order valence-electron chi connectivity index (χ4n) is 7.69. The minimum atomic E-state index is -0.266. The first kappa shape index (κ1) is 22.7. The van der Waals surface area contributed by atoms with E-state index in [1.807, 2.05) is 25.1 Å². The molecule has 2 amide bonds. The van der Waals surface area contributed by atoms with Gasteiger partial charge in [0, 0.05) is 17.0 Å². The molecule has 36 heavy (non-hydrogen) atoms. The number of benzene rings is 1. The summed E-state index contributed by atoms with van der Waals surface area (Å²) in [5.41, 5.74) is 3.07. The number of nitrogens with zero attached hydrogens (tertiary/aromatic N) is 2. The average molecular weight is 522 g/mol. The van der Waals surface area contributed by atoms with E-state index in [0.717, 1.165) is 74.1 Å². The monoisotopic (exact) mass is 521 g/mol. The van der Waals surface area contributed by atoms with E-state index >= 15 is 0 Å². The molecule has 188 valence electrons. The van der Waals surface area contributed by atoms with Crippen LogP contribution < -0.4 is 5.32 Å². The number of aromatic nitrogens is 1. The number of hydrogen-bond acceptors (Lipinski definition) is 6. The molecular weight excluding hydrogens is 490 g/mol. The smallest absolute Gasteiger partial charge is 0.410 e. The van der Waals surface area contributed by atoms with Crippen molar-refractivity contribution in [1.82, 2.24) is 9.88 Å². The van der Waals surface area contributed by atoms with Gasteiger partial charge in [-0.05, 0) is 87.3 Å². The van der Waals surface area contributed by atoms with Gasteiger partial charge in [0.15, 0.2) is 0 Å². The van der Waals surface area contributed by atoms with E-state index in [0.29, 0.717) is 19.7 Å². The molecule has 4 saturated carbocycles. The Morgan fingerprint density at radius 2 is 1.83 bits per heavy atom.